The van der Waals surface area contributed by atoms with Gasteiger partial charge in [0.25, 0.3) is 5.56 Å². The Hall–Kier alpha value is -1.72. The number of anilines is 2. The molecule has 0 spiro atoms. The summed E-state index contributed by atoms with van der Waals surface area (Å²) in [4.78, 5) is 24.7. The molecule has 0 aromatic carbocycles. The Morgan fingerprint density at radius 1 is 1.20 bits per heavy atom. The van der Waals surface area contributed by atoms with E-state index in [2.05, 4.69) is 0 Å². The van der Waals surface area contributed by atoms with Gasteiger partial charge in [0.1, 0.15) is 5.69 Å². The van der Waals surface area contributed by atoms with Crippen molar-refractivity contribution in [1.82, 2.24) is 9.36 Å². The van der Waals surface area contributed by atoms with Gasteiger partial charge >= 0.3 is 0 Å². The van der Waals surface area contributed by atoms with Crippen molar-refractivity contribution in [2.45, 2.75) is 12.8 Å². The molecule has 1 amide bonds. The zero-order valence-corrected chi connectivity index (χ0v) is 8.86. The molecule has 0 saturated carbocycles. The fraction of sp³-hybridized carbons (Fsp3) is 0.556. The van der Waals surface area contributed by atoms with E-state index < -0.39 is 0 Å². The van der Waals surface area contributed by atoms with Crippen LogP contribution in [0.2, 0.25) is 0 Å². The van der Waals surface area contributed by atoms with Crippen molar-refractivity contribution in [3.05, 3.63) is 10.4 Å². The van der Waals surface area contributed by atoms with E-state index in [-0.39, 0.29) is 17.2 Å². The third-order valence-corrected chi connectivity index (χ3v) is 2.85. The normalized spacial score (nSPS) is 16.4. The van der Waals surface area contributed by atoms with Gasteiger partial charge in [-0.05, 0) is 6.42 Å². The van der Waals surface area contributed by atoms with Gasteiger partial charge in [-0.3, -0.25) is 23.9 Å². The summed E-state index contributed by atoms with van der Waals surface area (Å²) in [5.41, 5.74) is 5.59. The van der Waals surface area contributed by atoms with Gasteiger partial charge in [0.2, 0.25) is 5.91 Å². The van der Waals surface area contributed by atoms with Crippen LogP contribution in [0.1, 0.15) is 12.8 Å². The Morgan fingerprint density at radius 2 is 1.87 bits per heavy atom. The summed E-state index contributed by atoms with van der Waals surface area (Å²) in [5, 5.41) is 0. The molecule has 0 radical (unpaired) electrons. The Kier molecular flexibility index (Phi) is 2.06. The lowest BCUT2D eigenvalue weighted by Crippen LogP contribution is -2.27. The van der Waals surface area contributed by atoms with Crippen LogP contribution in [0.25, 0.3) is 0 Å². The molecule has 0 bridgehead atoms. The second-order valence-electron chi connectivity index (χ2n) is 3.74. The standard InChI is InChI=1S/C9H14N4O2/c1-11-8(7(10)9(15)12(11)2)13-5-3-4-6(13)14/h3-5,10H2,1-2H3. The largest absolute Gasteiger partial charge is 0.391 e. The van der Waals surface area contributed by atoms with E-state index in [1.807, 2.05) is 0 Å². The van der Waals surface area contributed by atoms with Gasteiger partial charge in [0.05, 0.1) is 0 Å². The summed E-state index contributed by atoms with van der Waals surface area (Å²) in [7, 11) is 3.35. The van der Waals surface area contributed by atoms with Gasteiger partial charge in [0.15, 0.2) is 5.82 Å². The Bertz CT molecular complexity index is 471. The number of nitrogen functional groups attached to an aromatic ring is 1. The highest BCUT2D eigenvalue weighted by Gasteiger charge is 2.28. The number of amides is 1. The second kappa shape index (κ2) is 3.15. The van der Waals surface area contributed by atoms with E-state index in [4.69, 9.17) is 5.73 Å². The van der Waals surface area contributed by atoms with E-state index >= 15 is 0 Å². The summed E-state index contributed by atoms with van der Waals surface area (Å²) in [6.07, 6.45) is 1.35. The third-order valence-electron chi connectivity index (χ3n) is 2.85. The molecule has 1 aromatic heterocycles. The average Bonchev–Trinajstić information content (AvgIpc) is 2.68. The zero-order valence-electron chi connectivity index (χ0n) is 8.86. The highest BCUT2D eigenvalue weighted by atomic mass is 16.2. The van der Waals surface area contributed by atoms with Gasteiger partial charge in [0, 0.05) is 27.1 Å². The fourth-order valence-corrected chi connectivity index (χ4v) is 1.91. The molecule has 2 rings (SSSR count). The van der Waals surface area contributed by atoms with Crippen molar-refractivity contribution in [3.8, 4) is 0 Å². The van der Waals surface area contributed by atoms with Crippen LogP contribution >= 0.6 is 0 Å². The van der Waals surface area contributed by atoms with Gasteiger partial charge in [-0.2, -0.15) is 0 Å². The number of carbonyl (C=O) groups excluding carboxylic acids is 1. The van der Waals surface area contributed by atoms with Gasteiger partial charge in [-0.15, -0.1) is 0 Å². The first-order valence-corrected chi connectivity index (χ1v) is 4.86. The molecular formula is C9H14N4O2. The molecule has 1 aromatic rings. The van der Waals surface area contributed by atoms with Gasteiger partial charge < -0.3 is 5.73 Å². The van der Waals surface area contributed by atoms with E-state index in [0.717, 1.165) is 6.42 Å². The maximum Gasteiger partial charge on any atom is 0.291 e. The quantitative estimate of drug-likeness (QED) is 0.674. The Balaban J connectivity index is 2.57. The van der Waals surface area contributed by atoms with Gasteiger partial charge in [-0.25, -0.2) is 0 Å². The fourth-order valence-electron chi connectivity index (χ4n) is 1.91. The zero-order chi connectivity index (χ0) is 11.2. The summed E-state index contributed by atoms with van der Waals surface area (Å²) >= 11 is 0. The number of aromatic nitrogens is 2. The predicted octanol–water partition coefficient (Wildman–Crippen LogP) is -0.567. The number of nitrogens with zero attached hydrogens (tertiary/aromatic N) is 3. The van der Waals surface area contributed by atoms with Crippen molar-refractivity contribution in [3.63, 3.8) is 0 Å². The minimum atomic E-state index is -0.257. The highest BCUT2D eigenvalue weighted by Crippen LogP contribution is 2.24. The van der Waals surface area contributed by atoms with Crippen LogP contribution in [0, 0.1) is 0 Å². The third kappa shape index (κ3) is 1.25. The lowest BCUT2D eigenvalue weighted by atomic mass is 10.4. The van der Waals surface area contributed by atoms with Crippen LogP contribution in [0.3, 0.4) is 0 Å². The van der Waals surface area contributed by atoms with Crippen molar-refractivity contribution < 1.29 is 4.79 Å². The molecule has 0 unspecified atom stereocenters. The molecule has 15 heavy (non-hydrogen) atoms. The first-order valence-electron chi connectivity index (χ1n) is 4.86. The SMILES string of the molecule is Cn1c(N2CCCC2=O)c(N)c(=O)n1C. The molecule has 1 saturated heterocycles. The van der Waals surface area contributed by atoms with E-state index in [1.54, 1.807) is 23.7 Å². The lowest BCUT2D eigenvalue weighted by Gasteiger charge is -2.17. The van der Waals surface area contributed by atoms with Crippen molar-refractivity contribution in [1.29, 1.82) is 0 Å². The molecule has 0 atom stereocenters. The maximum absolute atomic E-state index is 11.6. The Labute approximate surface area is 86.9 Å². The molecule has 2 heterocycles. The van der Waals surface area contributed by atoms with Crippen molar-refractivity contribution >= 4 is 17.4 Å². The van der Waals surface area contributed by atoms with Crippen molar-refractivity contribution in [2.75, 3.05) is 17.2 Å². The van der Waals surface area contributed by atoms with Gasteiger partial charge in [-0.1, -0.05) is 0 Å². The lowest BCUT2D eigenvalue weighted by molar-refractivity contribution is -0.117. The molecule has 6 nitrogen and oxygen atoms in total. The van der Waals surface area contributed by atoms with E-state index in [1.165, 1.54) is 4.68 Å². The highest BCUT2D eigenvalue weighted by molar-refractivity contribution is 5.96. The number of nitrogens with two attached hydrogens (primary N) is 1. The number of hydrogen-bond acceptors (Lipinski definition) is 3. The smallest absolute Gasteiger partial charge is 0.291 e. The van der Waals surface area contributed by atoms with E-state index in [0.29, 0.717) is 18.8 Å². The Morgan fingerprint density at radius 3 is 2.27 bits per heavy atom. The van der Waals surface area contributed by atoms with Crippen LogP contribution in [0.15, 0.2) is 4.79 Å². The molecule has 2 N–H and O–H groups in total. The monoisotopic (exact) mass is 210 g/mol. The number of hydrogen-bond donors (Lipinski definition) is 1. The average molecular weight is 210 g/mol. The van der Waals surface area contributed by atoms with Crippen LogP contribution in [0.5, 0.6) is 0 Å². The van der Waals surface area contributed by atoms with Crippen LogP contribution in [0.4, 0.5) is 11.5 Å². The molecular weight excluding hydrogens is 196 g/mol. The molecule has 6 heteroatoms. The molecule has 1 fully saturated rings. The number of rotatable bonds is 1. The molecule has 82 valence electrons. The first kappa shape index (κ1) is 9.82. The van der Waals surface area contributed by atoms with Crippen LogP contribution < -0.4 is 16.2 Å². The van der Waals surface area contributed by atoms with E-state index in [9.17, 15) is 9.59 Å². The molecule has 1 aliphatic rings. The minimum absolute atomic E-state index is 0.0305. The summed E-state index contributed by atoms with van der Waals surface area (Å²) < 4.78 is 3.01. The first-order chi connectivity index (χ1) is 7.04. The predicted molar refractivity (Wildman–Crippen MR) is 56.7 cm³/mol. The summed E-state index contributed by atoms with van der Waals surface area (Å²) in [6.45, 7) is 0.639. The topological polar surface area (TPSA) is 73.3 Å². The molecule has 0 aliphatic carbocycles. The maximum atomic E-state index is 11.6. The van der Waals surface area contributed by atoms with Crippen LogP contribution in [-0.4, -0.2) is 21.8 Å². The number of carbonyl (C=O) groups is 1. The van der Waals surface area contributed by atoms with Crippen LogP contribution in [-0.2, 0) is 18.9 Å². The minimum Gasteiger partial charge on any atom is -0.391 e. The second-order valence-corrected chi connectivity index (χ2v) is 3.74. The van der Waals surface area contributed by atoms with Crippen molar-refractivity contribution in [2.24, 2.45) is 14.1 Å². The summed E-state index contributed by atoms with van der Waals surface area (Å²) in [6, 6.07) is 0. The molecule has 1 aliphatic heterocycles. The summed E-state index contributed by atoms with van der Waals surface area (Å²) in [5.74, 6) is 0.549.